The lowest BCUT2D eigenvalue weighted by molar-refractivity contribution is 0.169. The van der Waals surface area contributed by atoms with Crippen LogP contribution in [0.15, 0.2) is 18.3 Å². The Morgan fingerprint density at radius 2 is 2.08 bits per heavy atom. The van der Waals surface area contributed by atoms with Crippen LogP contribution in [0.1, 0.15) is 25.3 Å². The minimum Gasteiger partial charge on any atom is -0.481 e. The van der Waals surface area contributed by atoms with Gasteiger partial charge in [0.05, 0.1) is 13.2 Å². The second kappa shape index (κ2) is 4.23. The average Bonchev–Trinajstić information content (AvgIpc) is 2.17. The molecule has 0 aliphatic rings. The van der Waals surface area contributed by atoms with Crippen molar-refractivity contribution in [3.63, 3.8) is 0 Å². The van der Waals surface area contributed by atoms with Gasteiger partial charge in [-0.2, -0.15) is 0 Å². The summed E-state index contributed by atoms with van der Waals surface area (Å²) in [7, 11) is 1.58. The van der Waals surface area contributed by atoms with Crippen LogP contribution in [0.3, 0.4) is 0 Å². The van der Waals surface area contributed by atoms with Crippen molar-refractivity contribution in [3.8, 4) is 5.88 Å². The van der Waals surface area contributed by atoms with Gasteiger partial charge in [-0.15, -0.1) is 0 Å². The molecule has 0 aromatic carbocycles. The summed E-state index contributed by atoms with van der Waals surface area (Å²) in [5.74, 6) is 0.708. The molecule has 0 amide bonds. The summed E-state index contributed by atoms with van der Waals surface area (Å²) >= 11 is 0. The molecule has 1 heterocycles. The fourth-order valence-corrected chi connectivity index (χ4v) is 1.06. The first-order valence-corrected chi connectivity index (χ1v) is 4.33. The molecule has 2 unspecified atom stereocenters. The van der Waals surface area contributed by atoms with Gasteiger partial charge in [-0.1, -0.05) is 13.0 Å². The van der Waals surface area contributed by atoms with E-state index in [9.17, 15) is 5.11 Å². The van der Waals surface area contributed by atoms with Gasteiger partial charge < -0.3 is 9.84 Å². The monoisotopic (exact) mass is 181 g/mol. The Balaban J connectivity index is 2.79. The Morgan fingerprint density at radius 1 is 1.38 bits per heavy atom. The van der Waals surface area contributed by atoms with Crippen molar-refractivity contribution in [3.05, 3.63) is 23.9 Å². The predicted octanol–water partition coefficient (Wildman–Crippen LogP) is 1.57. The number of aliphatic hydroxyl groups is 1. The normalized spacial score (nSPS) is 15.1. The Labute approximate surface area is 78.4 Å². The molecule has 2 atom stereocenters. The molecule has 1 aromatic heterocycles. The van der Waals surface area contributed by atoms with Crippen LogP contribution in [0, 0.1) is 0 Å². The summed E-state index contributed by atoms with van der Waals surface area (Å²) in [4.78, 5) is 4.07. The summed E-state index contributed by atoms with van der Waals surface area (Å²) in [5, 5.41) is 9.34. The van der Waals surface area contributed by atoms with E-state index in [4.69, 9.17) is 4.74 Å². The second-order valence-corrected chi connectivity index (χ2v) is 3.16. The van der Waals surface area contributed by atoms with Crippen molar-refractivity contribution >= 4 is 0 Å². The lowest BCUT2D eigenvalue weighted by Gasteiger charge is -2.14. The fourth-order valence-electron chi connectivity index (χ4n) is 1.06. The highest BCUT2D eigenvalue weighted by Crippen LogP contribution is 2.19. The van der Waals surface area contributed by atoms with Gasteiger partial charge in [-0.05, 0) is 12.5 Å². The topological polar surface area (TPSA) is 42.4 Å². The van der Waals surface area contributed by atoms with E-state index in [2.05, 4.69) is 4.98 Å². The van der Waals surface area contributed by atoms with E-state index in [1.807, 2.05) is 13.0 Å². The van der Waals surface area contributed by atoms with E-state index < -0.39 is 0 Å². The third-order valence-corrected chi connectivity index (χ3v) is 2.22. The smallest absolute Gasteiger partial charge is 0.212 e. The van der Waals surface area contributed by atoms with E-state index in [1.54, 1.807) is 26.3 Å². The Kier molecular flexibility index (Phi) is 3.25. The van der Waals surface area contributed by atoms with Crippen molar-refractivity contribution in [2.45, 2.75) is 25.9 Å². The van der Waals surface area contributed by atoms with Crippen molar-refractivity contribution < 1.29 is 9.84 Å². The zero-order valence-corrected chi connectivity index (χ0v) is 8.19. The number of hydrogen-bond donors (Lipinski definition) is 1. The number of nitrogens with zero attached hydrogens (tertiary/aromatic N) is 1. The molecule has 1 N–H and O–H groups in total. The van der Waals surface area contributed by atoms with Crippen LogP contribution in [-0.2, 0) is 0 Å². The van der Waals surface area contributed by atoms with Crippen LogP contribution in [-0.4, -0.2) is 23.3 Å². The molecule has 0 fully saturated rings. The minimum absolute atomic E-state index is 0.110. The van der Waals surface area contributed by atoms with Crippen LogP contribution in [0.5, 0.6) is 5.88 Å². The molecule has 72 valence electrons. The van der Waals surface area contributed by atoms with Crippen LogP contribution in [0.2, 0.25) is 0 Å². The molecule has 0 spiro atoms. The Morgan fingerprint density at radius 3 is 2.46 bits per heavy atom. The van der Waals surface area contributed by atoms with Crippen LogP contribution < -0.4 is 4.74 Å². The van der Waals surface area contributed by atoms with Gasteiger partial charge in [0.25, 0.3) is 0 Å². The highest BCUT2D eigenvalue weighted by Gasteiger charge is 2.11. The summed E-state index contributed by atoms with van der Waals surface area (Å²) in [6, 6.07) is 3.72. The van der Waals surface area contributed by atoms with Crippen molar-refractivity contribution in [2.24, 2.45) is 0 Å². The van der Waals surface area contributed by atoms with Gasteiger partial charge in [-0.25, -0.2) is 4.98 Å². The number of hydrogen-bond acceptors (Lipinski definition) is 3. The lowest BCUT2D eigenvalue weighted by atomic mass is 9.98. The van der Waals surface area contributed by atoms with Gasteiger partial charge >= 0.3 is 0 Å². The van der Waals surface area contributed by atoms with Crippen LogP contribution in [0.25, 0.3) is 0 Å². The first-order chi connectivity index (χ1) is 6.15. The van der Waals surface area contributed by atoms with E-state index in [0.717, 1.165) is 5.56 Å². The number of methoxy groups -OCH3 is 1. The zero-order chi connectivity index (χ0) is 9.84. The average molecular weight is 181 g/mol. The van der Waals surface area contributed by atoms with Crippen molar-refractivity contribution in [1.82, 2.24) is 4.98 Å². The molecule has 0 aliphatic heterocycles. The summed E-state index contributed by atoms with van der Waals surface area (Å²) in [6.07, 6.45) is 1.38. The SMILES string of the molecule is COc1ccc(C(C)C(C)O)cn1. The zero-order valence-electron chi connectivity index (χ0n) is 8.19. The maximum atomic E-state index is 9.34. The maximum absolute atomic E-state index is 9.34. The molecule has 13 heavy (non-hydrogen) atoms. The molecular formula is C10H15NO2. The second-order valence-electron chi connectivity index (χ2n) is 3.16. The molecule has 0 bridgehead atoms. The van der Waals surface area contributed by atoms with E-state index in [1.165, 1.54) is 0 Å². The molecule has 0 radical (unpaired) electrons. The standard InChI is InChI=1S/C10H15NO2/c1-7(8(2)12)9-4-5-10(13-3)11-6-9/h4-8,12H,1-3H3. The molecule has 0 aliphatic carbocycles. The Bertz CT molecular complexity index is 256. The number of rotatable bonds is 3. The van der Waals surface area contributed by atoms with Gasteiger partial charge in [0.15, 0.2) is 0 Å². The fraction of sp³-hybridized carbons (Fsp3) is 0.500. The summed E-state index contributed by atoms with van der Waals surface area (Å²) in [5.41, 5.74) is 1.02. The number of aromatic nitrogens is 1. The predicted molar refractivity (Wildman–Crippen MR) is 50.9 cm³/mol. The third kappa shape index (κ3) is 2.42. The molecule has 0 saturated carbocycles. The first-order valence-electron chi connectivity index (χ1n) is 4.33. The quantitative estimate of drug-likeness (QED) is 0.769. The highest BCUT2D eigenvalue weighted by molar-refractivity contribution is 5.21. The maximum Gasteiger partial charge on any atom is 0.212 e. The van der Waals surface area contributed by atoms with Gasteiger partial charge in [0, 0.05) is 18.2 Å². The van der Waals surface area contributed by atoms with Crippen LogP contribution >= 0.6 is 0 Å². The van der Waals surface area contributed by atoms with Gasteiger partial charge in [0.2, 0.25) is 5.88 Å². The molecule has 3 nitrogen and oxygen atoms in total. The minimum atomic E-state index is -0.352. The number of pyridine rings is 1. The lowest BCUT2D eigenvalue weighted by Crippen LogP contribution is -2.11. The van der Waals surface area contributed by atoms with E-state index in [0.29, 0.717) is 5.88 Å². The third-order valence-electron chi connectivity index (χ3n) is 2.22. The van der Waals surface area contributed by atoms with E-state index in [-0.39, 0.29) is 12.0 Å². The molecule has 1 aromatic rings. The molecular weight excluding hydrogens is 166 g/mol. The van der Waals surface area contributed by atoms with Gasteiger partial charge in [-0.3, -0.25) is 0 Å². The van der Waals surface area contributed by atoms with E-state index >= 15 is 0 Å². The highest BCUT2D eigenvalue weighted by atomic mass is 16.5. The largest absolute Gasteiger partial charge is 0.481 e. The molecule has 0 saturated heterocycles. The number of ether oxygens (including phenoxy) is 1. The Hall–Kier alpha value is -1.09. The number of aliphatic hydroxyl groups excluding tert-OH is 1. The molecule has 3 heteroatoms. The molecule has 1 rings (SSSR count). The van der Waals surface area contributed by atoms with Crippen LogP contribution in [0.4, 0.5) is 0 Å². The first kappa shape index (κ1) is 9.99. The summed E-state index contributed by atoms with van der Waals surface area (Å²) < 4.78 is 4.94. The van der Waals surface area contributed by atoms with Gasteiger partial charge in [0.1, 0.15) is 0 Å². The van der Waals surface area contributed by atoms with Crippen molar-refractivity contribution in [2.75, 3.05) is 7.11 Å². The summed E-state index contributed by atoms with van der Waals surface area (Å²) in [6.45, 7) is 3.74. The van der Waals surface area contributed by atoms with Crippen molar-refractivity contribution in [1.29, 1.82) is 0 Å².